The van der Waals surface area contributed by atoms with Crippen LogP contribution in [-0.4, -0.2) is 68.0 Å². The topological polar surface area (TPSA) is 94.0 Å². The van der Waals surface area contributed by atoms with Crippen LogP contribution in [0.2, 0.25) is 0 Å². The highest BCUT2D eigenvalue weighted by molar-refractivity contribution is 7.94. The summed E-state index contributed by atoms with van der Waals surface area (Å²) in [5.74, 6) is -2.89. The van der Waals surface area contributed by atoms with E-state index in [9.17, 15) is 27.1 Å². The summed E-state index contributed by atoms with van der Waals surface area (Å²) in [6.07, 6.45) is 0.399. The van der Waals surface area contributed by atoms with Crippen molar-refractivity contribution in [1.82, 2.24) is 9.88 Å². The van der Waals surface area contributed by atoms with Crippen LogP contribution in [0.15, 0.2) is 12.1 Å². The summed E-state index contributed by atoms with van der Waals surface area (Å²) in [5.41, 5.74) is 1.14. The second kappa shape index (κ2) is 6.74. The molecule has 5 rings (SSSR count). The minimum Gasteiger partial charge on any atom is -0.384 e. The average Bonchev–Trinajstić information content (AvgIpc) is 3.01. The van der Waals surface area contributed by atoms with Crippen molar-refractivity contribution >= 4 is 27.6 Å². The number of rotatable bonds is 4. The number of amides is 1. The molecule has 4 atom stereocenters. The van der Waals surface area contributed by atoms with Crippen molar-refractivity contribution in [3.8, 4) is 0 Å². The van der Waals surface area contributed by atoms with Gasteiger partial charge in [-0.3, -0.25) is 4.79 Å². The molecule has 0 radical (unpaired) electrons. The molecule has 0 spiro atoms. The smallest absolute Gasteiger partial charge is 0.327 e. The number of likely N-dealkylation sites (tertiary alicyclic amines) is 1. The minimum atomic E-state index is -3.91. The number of hydrogen-bond donors (Lipinski definition) is 1. The maximum atomic E-state index is 13.4. The van der Waals surface area contributed by atoms with Gasteiger partial charge in [0.2, 0.25) is 0 Å². The van der Waals surface area contributed by atoms with E-state index >= 15 is 0 Å². The number of pyridine rings is 1. The zero-order valence-electron chi connectivity index (χ0n) is 17.4. The molecule has 8 nitrogen and oxygen atoms in total. The van der Waals surface area contributed by atoms with Crippen LogP contribution in [0.4, 0.5) is 20.3 Å². The standard InChI is InChI=1S/C20H26F2N4O4S/c1-11(27)19(28)25-8-13-5-12(6-14(13)9-25)16-3-4-17-18(23-16)24(2)31(29,30)26(17)10-15-7-20(15,21)22/h3-4,11-15,27H,5-10H2,1-2H3. The van der Waals surface area contributed by atoms with Gasteiger partial charge in [-0.2, -0.15) is 8.42 Å². The Kier molecular flexibility index (Phi) is 4.54. The van der Waals surface area contributed by atoms with Crippen LogP contribution in [0.5, 0.6) is 0 Å². The van der Waals surface area contributed by atoms with Crippen molar-refractivity contribution in [1.29, 1.82) is 0 Å². The first-order chi connectivity index (χ1) is 14.5. The molecule has 3 heterocycles. The highest BCUT2D eigenvalue weighted by Crippen LogP contribution is 2.52. The molecule has 0 bridgehead atoms. The molecule has 2 aliphatic carbocycles. The predicted molar refractivity (Wildman–Crippen MR) is 109 cm³/mol. The Hall–Kier alpha value is -2.01. The molecular weight excluding hydrogens is 430 g/mol. The Bertz CT molecular complexity index is 1020. The van der Waals surface area contributed by atoms with Gasteiger partial charge in [0.05, 0.1) is 5.69 Å². The third-order valence-corrected chi connectivity index (χ3v) is 9.02. The summed E-state index contributed by atoms with van der Waals surface area (Å²) >= 11 is 0. The number of hydrogen-bond acceptors (Lipinski definition) is 5. The number of aromatic nitrogens is 1. The Labute approximate surface area is 180 Å². The zero-order chi connectivity index (χ0) is 22.3. The molecule has 0 aromatic carbocycles. The van der Waals surface area contributed by atoms with Gasteiger partial charge in [0.15, 0.2) is 5.82 Å². The van der Waals surface area contributed by atoms with E-state index in [4.69, 9.17) is 0 Å². The van der Waals surface area contributed by atoms with E-state index in [2.05, 4.69) is 4.98 Å². The molecule has 170 valence electrons. The van der Waals surface area contributed by atoms with E-state index < -0.39 is 28.2 Å². The fourth-order valence-electron chi connectivity index (χ4n) is 5.34. The SMILES string of the molecule is CC(O)C(=O)N1CC2CC(c3ccc4c(n3)N(C)S(=O)(=O)N4CC3CC3(F)F)CC2C1. The van der Waals surface area contributed by atoms with Crippen molar-refractivity contribution in [2.24, 2.45) is 17.8 Å². The van der Waals surface area contributed by atoms with E-state index in [1.165, 1.54) is 14.0 Å². The Morgan fingerprint density at radius 3 is 2.45 bits per heavy atom. The fraction of sp³-hybridized carbons (Fsp3) is 0.700. The quantitative estimate of drug-likeness (QED) is 0.742. The van der Waals surface area contributed by atoms with E-state index in [-0.39, 0.29) is 30.6 Å². The van der Waals surface area contributed by atoms with Crippen LogP contribution in [0.1, 0.15) is 37.8 Å². The fourth-order valence-corrected chi connectivity index (χ4v) is 6.74. The Morgan fingerprint density at radius 2 is 1.90 bits per heavy atom. The first kappa shape index (κ1) is 20.9. The summed E-state index contributed by atoms with van der Waals surface area (Å²) < 4.78 is 54.5. The van der Waals surface area contributed by atoms with Crippen LogP contribution in [0, 0.1) is 17.8 Å². The second-order valence-corrected chi connectivity index (χ2v) is 11.2. The number of anilines is 2. The summed E-state index contributed by atoms with van der Waals surface area (Å²) in [7, 11) is -2.51. The lowest BCUT2D eigenvalue weighted by molar-refractivity contribution is -0.138. The Balaban J connectivity index is 1.33. The Morgan fingerprint density at radius 1 is 1.29 bits per heavy atom. The lowest BCUT2D eigenvalue weighted by Gasteiger charge is -2.20. The average molecular weight is 457 g/mol. The largest absolute Gasteiger partial charge is 0.384 e. The number of aliphatic hydroxyl groups excluding tert-OH is 1. The van der Waals surface area contributed by atoms with Gasteiger partial charge in [0, 0.05) is 50.6 Å². The maximum Gasteiger partial charge on any atom is 0.327 e. The molecule has 31 heavy (non-hydrogen) atoms. The summed E-state index contributed by atoms with van der Waals surface area (Å²) in [5, 5.41) is 9.54. The summed E-state index contributed by atoms with van der Waals surface area (Å²) in [4.78, 5) is 18.4. The van der Waals surface area contributed by atoms with Crippen molar-refractivity contribution in [3.05, 3.63) is 17.8 Å². The first-order valence-corrected chi connectivity index (χ1v) is 12.0. The highest BCUT2D eigenvalue weighted by atomic mass is 32.2. The predicted octanol–water partition coefficient (Wildman–Crippen LogP) is 1.57. The van der Waals surface area contributed by atoms with Gasteiger partial charge in [-0.05, 0) is 43.7 Å². The number of fused-ring (bicyclic) bond motifs is 2. The van der Waals surface area contributed by atoms with Crippen molar-refractivity contribution in [3.63, 3.8) is 0 Å². The number of carbonyl (C=O) groups excluding carboxylic acids is 1. The normalized spacial score (nSPS) is 33.4. The van der Waals surface area contributed by atoms with Crippen LogP contribution in [0.25, 0.3) is 0 Å². The third kappa shape index (κ3) is 3.27. The molecule has 11 heteroatoms. The van der Waals surface area contributed by atoms with E-state index in [0.29, 0.717) is 30.6 Å². The number of carbonyl (C=O) groups is 1. The third-order valence-electron chi connectivity index (χ3n) is 7.25. The van der Waals surface area contributed by atoms with Gasteiger partial charge in [-0.1, -0.05) is 0 Å². The van der Waals surface area contributed by atoms with E-state index in [1.54, 1.807) is 17.0 Å². The van der Waals surface area contributed by atoms with E-state index in [1.807, 2.05) is 0 Å². The molecular formula is C20H26F2N4O4S. The number of nitrogens with zero attached hydrogens (tertiary/aromatic N) is 4. The molecule has 1 amide bonds. The van der Waals surface area contributed by atoms with Crippen LogP contribution >= 0.6 is 0 Å². The monoisotopic (exact) mass is 456 g/mol. The molecule has 2 saturated carbocycles. The summed E-state index contributed by atoms with van der Waals surface area (Å²) in [6.45, 7) is 2.47. The molecule has 1 aromatic heterocycles. The van der Waals surface area contributed by atoms with Gasteiger partial charge in [-0.25, -0.2) is 22.4 Å². The van der Waals surface area contributed by atoms with Crippen molar-refractivity contribution < 1.29 is 27.1 Å². The number of alkyl halides is 2. The van der Waals surface area contributed by atoms with Gasteiger partial charge in [-0.15, -0.1) is 0 Å². The molecule has 1 aromatic rings. The zero-order valence-corrected chi connectivity index (χ0v) is 18.2. The molecule has 4 aliphatic rings. The molecule has 4 unspecified atom stereocenters. The van der Waals surface area contributed by atoms with Gasteiger partial charge in [0.1, 0.15) is 6.10 Å². The van der Waals surface area contributed by atoms with Gasteiger partial charge in [0.25, 0.3) is 11.8 Å². The van der Waals surface area contributed by atoms with Crippen LogP contribution < -0.4 is 8.61 Å². The van der Waals surface area contributed by atoms with Gasteiger partial charge < -0.3 is 10.0 Å². The summed E-state index contributed by atoms with van der Waals surface area (Å²) in [6, 6.07) is 3.48. The second-order valence-electron chi connectivity index (χ2n) is 9.35. The van der Waals surface area contributed by atoms with Crippen molar-refractivity contribution in [2.45, 2.75) is 44.1 Å². The first-order valence-electron chi connectivity index (χ1n) is 10.6. The lowest BCUT2D eigenvalue weighted by atomic mass is 10.0. The van der Waals surface area contributed by atoms with Crippen LogP contribution in [0.3, 0.4) is 0 Å². The highest BCUT2D eigenvalue weighted by Gasteiger charge is 2.59. The molecule has 3 fully saturated rings. The molecule has 1 N–H and O–H groups in total. The lowest BCUT2D eigenvalue weighted by Crippen LogP contribution is -2.37. The van der Waals surface area contributed by atoms with E-state index in [0.717, 1.165) is 27.1 Å². The molecule has 1 saturated heterocycles. The maximum absolute atomic E-state index is 13.4. The van der Waals surface area contributed by atoms with Crippen LogP contribution in [-0.2, 0) is 15.0 Å². The molecule has 2 aliphatic heterocycles. The van der Waals surface area contributed by atoms with Gasteiger partial charge >= 0.3 is 10.2 Å². The number of halogens is 2. The minimum absolute atomic E-state index is 0.155. The van der Waals surface area contributed by atoms with Crippen molar-refractivity contribution in [2.75, 3.05) is 35.3 Å². The number of aliphatic hydroxyl groups is 1.